The molecule has 2 aromatic rings. The van der Waals surface area contributed by atoms with Crippen molar-refractivity contribution in [2.45, 2.75) is 13.3 Å². The molecule has 21 heavy (non-hydrogen) atoms. The van der Waals surface area contributed by atoms with Crippen LogP contribution in [0.15, 0.2) is 35.1 Å². The molecule has 0 N–H and O–H groups in total. The Morgan fingerprint density at radius 1 is 1.14 bits per heavy atom. The summed E-state index contributed by atoms with van der Waals surface area (Å²) in [5.74, 6) is 0.902. The second-order valence-corrected chi connectivity index (χ2v) is 5.18. The number of aromatic nitrogens is 2. The molecule has 0 bridgehead atoms. The highest BCUT2D eigenvalue weighted by Crippen LogP contribution is 2.14. The minimum Gasteiger partial charge on any atom is -0.472 e. The van der Waals surface area contributed by atoms with Crippen LogP contribution in [0.25, 0.3) is 0 Å². The summed E-state index contributed by atoms with van der Waals surface area (Å²) in [5, 5.41) is 8.32. The van der Waals surface area contributed by atoms with Crippen LogP contribution in [0, 0.1) is 6.92 Å². The average molecular weight is 286 g/mol. The Bertz CT molecular complexity index is 595. The molecule has 0 aliphatic carbocycles. The van der Waals surface area contributed by atoms with E-state index in [0.717, 1.165) is 37.6 Å². The van der Waals surface area contributed by atoms with Crippen LogP contribution in [0.4, 0.5) is 5.82 Å². The zero-order valence-electron chi connectivity index (χ0n) is 12.0. The molecule has 0 unspecified atom stereocenters. The Morgan fingerprint density at radius 3 is 2.76 bits per heavy atom. The summed E-state index contributed by atoms with van der Waals surface area (Å²) in [5.41, 5.74) is 1.52. The van der Waals surface area contributed by atoms with E-state index < -0.39 is 0 Å². The summed E-state index contributed by atoms with van der Waals surface area (Å²) in [4.78, 5) is 16.4. The molecule has 3 heterocycles. The molecule has 0 spiro atoms. The van der Waals surface area contributed by atoms with Crippen molar-refractivity contribution in [1.82, 2.24) is 15.1 Å². The van der Waals surface area contributed by atoms with E-state index in [4.69, 9.17) is 4.42 Å². The number of anilines is 1. The van der Waals surface area contributed by atoms with Gasteiger partial charge in [0, 0.05) is 26.2 Å². The maximum Gasteiger partial charge on any atom is 0.257 e. The van der Waals surface area contributed by atoms with E-state index in [0.29, 0.717) is 12.1 Å². The number of aryl methyl sites for hydroxylation is 1. The smallest absolute Gasteiger partial charge is 0.257 e. The third-order valence-electron chi connectivity index (χ3n) is 3.66. The molecule has 0 radical (unpaired) electrons. The van der Waals surface area contributed by atoms with Gasteiger partial charge >= 0.3 is 0 Å². The van der Waals surface area contributed by atoms with E-state index in [-0.39, 0.29) is 5.91 Å². The van der Waals surface area contributed by atoms with E-state index >= 15 is 0 Å². The lowest BCUT2D eigenvalue weighted by Crippen LogP contribution is -2.35. The fraction of sp³-hybridized carbons (Fsp3) is 0.400. The second-order valence-electron chi connectivity index (χ2n) is 5.18. The Kier molecular flexibility index (Phi) is 3.85. The maximum atomic E-state index is 12.3. The van der Waals surface area contributed by atoms with Crippen molar-refractivity contribution in [3.63, 3.8) is 0 Å². The van der Waals surface area contributed by atoms with Gasteiger partial charge in [0.05, 0.1) is 17.5 Å². The summed E-state index contributed by atoms with van der Waals surface area (Å²) in [6.07, 6.45) is 3.94. The van der Waals surface area contributed by atoms with Crippen molar-refractivity contribution in [2.75, 3.05) is 31.1 Å². The summed E-state index contributed by atoms with van der Waals surface area (Å²) in [6.45, 7) is 5.00. The van der Waals surface area contributed by atoms with Gasteiger partial charge in [0.25, 0.3) is 5.91 Å². The molecule has 110 valence electrons. The minimum absolute atomic E-state index is 0.0283. The van der Waals surface area contributed by atoms with Crippen molar-refractivity contribution in [2.24, 2.45) is 0 Å². The molecule has 6 nitrogen and oxygen atoms in total. The van der Waals surface area contributed by atoms with Gasteiger partial charge in [0.2, 0.25) is 0 Å². The Labute approximate surface area is 123 Å². The Hall–Kier alpha value is -2.37. The molecular formula is C15H18N4O2. The van der Waals surface area contributed by atoms with Crippen LogP contribution in [-0.4, -0.2) is 47.2 Å². The van der Waals surface area contributed by atoms with Crippen LogP contribution in [0.1, 0.15) is 22.5 Å². The van der Waals surface area contributed by atoms with Crippen LogP contribution in [0.3, 0.4) is 0 Å². The molecule has 1 aliphatic rings. The van der Waals surface area contributed by atoms with Gasteiger partial charge in [-0.15, -0.1) is 5.10 Å². The van der Waals surface area contributed by atoms with E-state index in [1.54, 1.807) is 6.07 Å². The summed E-state index contributed by atoms with van der Waals surface area (Å²) >= 11 is 0. The maximum absolute atomic E-state index is 12.3. The van der Waals surface area contributed by atoms with Gasteiger partial charge in [-0.25, -0.2) is 0 Å². The molecule has 0 saturated carbocycles. The topological polar surface area (TPSA) is 62.5 Å². The molecule has 1 saturated heterocycles. The van der Waals surface area contributed by atoms with Crippen LogP contribution in [0.2, 0.25) is 0 Å². The molecule has 6 heteroatoms. The third-order valence-corrected chi connectivity index (χ3v) is 3.66. The SMILES string of the molecule is Cc1ccc(N2CCCN(C(=O)c3ccoc3)CC2)nn1. The monoisotopic (exact) mass is 286 g/mol. The molecular weight excluding hydrogens is 268 g/mol. The lowest BCUT2D eigenvalue weighted by molar-refractivity contribution is 0.0766. The first kappa shape index (κ1) is 13.6. The molecule has 0 aromatic carbocycles. The van der Waals surface area contributed by atoms with E-state index in [2.05, 4.69) is 15.1 Å². The summed E-state index contributed by atoms with van der Waals surface area (Å²) in [6, 6.07) is 5.65. The second kappa shape index (κ2) is 5.95. The molecule has 2 aromatic heterocycles. The number of nitrogens with zero attached hydrogens (tertiary/aromatic N) is 4. The standard InChI is InChI=1S/C15H18N4O2/c1-12-3-4-14(17-16-12)18-6-2-7-19(9-8-18)15(20)13-5-10-21-11-13/h3-5,10-11H,2,6-9H2,1H3. The first-order chi connectivity index (χ1) is 10.2. The number of hydrogen-bond acceptors (Lipinski definition) is 5. The average Bonchev–Trinajstić information content (AvgIpc) is 2.92. The lowest BCUT2D eigenvalue weighted by Gasteiger charge is -2.22. The zero-order valence-corrected chi connectivity index (χ0v) is 12.0. The van der Waals surface area contributed by atoms with Crippen LogP contribution < -0.4 is 4.90 Å². The van der Waals surface area contributed by atoms with Gasteiger partial charge in [-0.2, -0.15) is 5.10 Å². The minimum atomic E-state index is 0.0283. The van der Waals surface area contributed by atoms with E-state index in [1.165, 1.54) is 12.5 Å². The van der Waals surface area contributed by atoms with Gasteiger partial charge < -0.3 is 14.2 Å². The largest absolute Gasteiger partial charge is 0.472 e. The third kappa shape index (κ3) is 3.04. The Balaban J connectivity index is 1.66. The predicted octanol–water partition coefficient (Wildman–Crippen LogP) is 1.73. The summed E-state index contributed by atoms with van der Waals surface area (Å²) in [7, 11) is 0. The first-order valence-electron chi connectivity index (χ1n) is 7.11. The van der Waals surface area contributed by atoms with E-state index in [1.807, 2.05) is 24.0 Å². The quantitative estimate of drug-likeness (QED) is 0.841. The first-order valence-corrected chi connectivity index (χ1v) is 7.11. The normalized spacial score (nSPS) is 15.9. The number of rotatable bonds is 2. The fourth-order valence-corrected chi connectivity index (χ4v) is 2.48. The fourth-order valence-electron chi connectivity index (χ4n) is 2.48. The highest BCUT2D eigenvalue weighted by molar-refractivity contribution is 5.93. The molecule has 1 aliphatic heterocycles. The van der Waals surface area contributed by atoms with Crippen LogP contribution in [0.5, 0.6) is 0 Å². The lowest BCUT2D eigenvalue weighted by atomic mass is 10.3. The summed E-state index contributed by atoms with van der Waals surface area (Å²) < 4.78 is 4.98. The Morgan fingerprint density at radius 2 is 2.05 bits per heavy atom. The van der Waals surface area contributed by atoms with Crippen molar-refractivity contribution in [3.05, 3.63) is 42.0 Å². The predicted molar refractivity (Wildman–Crippen MR) is 78.2 cm³/mol. The number of hydrogen-bond donors (Lipinski definition) is 0. The van der Waals surface area contributed by atoms with Gasteiger partial charge in [-0.1, -0.05) is 0 Å². The molecule has 1 fully saturated rings. The van der Waals surface area contributed by atoms with Crippen molar-refractivity contribution in [1.29, 1.82) is 0 Å². The van der Waals surface area contributed by atoms with Crippen LogP contribution >= 0.6 is 0 Å². The van der Waals surface area contributed by atoms with Gasteiger partial charge in [0.15, 0.2) is 5.82 Å². The van der Waals surface area contributed by atoms with Crippen LogP contribution in [-0.2, 0) is 0 Å². The van der Waals surface area contributed by atoms with Gasteiger partial charge in [0.1, 0.15) is 6.26 Å². The molecule has 0 atom stereocenters. The number of carbonyl (C=O) groups is 1. The van der Waals surface area contributed by atoms with E-state index in [9.17, 15) is 4.79 Å². The highest BCUT2D eigenvalue weighted by Gasteiger charge is 2.21. The highest BCUT2D eigenvalue weighted by atomic mass is 16.3. The van der Waals surface area contributed by atoms with Gasteiger partial charge in [-0.3, -0.25) is 4.79 Å². The number of furan rings is 1. The zero-order chi connectivity index (χ0) is 14.7. The van der Waals surface area contributed by atoms with Gasteiger partial charge in [-0.05, 0) is 31.5 Å². The van der Waals surface area contributed by atoms with Crippen molar-refractivity contribution < 1.29 is 9.21 Å². The van der Waals surface area contributed by atoms with Crippen molar-refractivity contribution >= 4 is 11.7 Å². The molecule has 1 amide bonds. The molecule has 3 rings (SSSR count). The number of amides is 1. The van der Waals surface area contributed by atoms with Crippen molar-refractivity contribution in [3.8, 4) is 0 Å². The number of carbonyl (C=O) groups excluding carboxylic acids is 1.